The number of sulfone groups is 1. The number of pyridine rings is 1. The number of anilines is 1. The smallest absolute Gasteiger partial charge is 0.366 e. The maximum absolute atomic E-state index is 13.7. The number of halogens is 3. The van der Waals surface area contributed by atoms with E-state index in [9.17, 15) is 31.2 Å². The van der Waals surface area contributed by atoms with Crippen LogP contribution in [0.4, 0.5) is 18.9 Å². The van der Waals surface area contributed by atoms with E-state index in [1.54, 1.807) is 36.4 Å². The summed E-state index contributed by atoms with van der Waals surface area (Å²) >= 11 is 0. The number of aromatic nitrogens is 1. The van der Waals surface area contributed by atoms with Crippen molar-refractivity contribution in [1.82, 2.24) is 10.3 Å². The summed E-state index contributed by atoms with van der Waals surface area (Å²) in [5.41, 5.74) is -0.281. The minimum Gasteiger partial charge on any atom is -0.366 e. The van der Waals surface area contributed by atoms with Gasteiger partial charge in [-0.2, -0.15) is 13.2 Å². The number of benzene rings is 2. The topological polar surface area (TPSA) is 99.3 Å². The number of amides is 1. The van der Waals surface area contributed by atoms with E-state index in [0.717, 1.165) is 32.1 Å². The molecule has 0 spiro atoms. The number of H-pyrrole nitrogens is 1. The van der Waals surface area contributed by atoms with Crippen LogP contribution in [0.15, 0.2) is 64.3 Å². The summed E-state index contributed by atoms with van der Waals surface area (Å²) in [4.78, 5) is 29.2. The first-order valence-corrected chi connectivity index (χ1v) is 16.3. The molecule has 0 radical (unpaired) electrons. The van der Waals surface area contributed by atoms with Crippen LogP contribution in [0, 0.1) is 0 Å². The molecule has 7 nitrogen and oxygen atoms in total. The molecule has 3 aromatic rings. The maximum Gasteiger partial charge on any atom is 0.417 e. The number of alkyl halides is 3. The predicted molar refractivity (Wildman–Crippen MR) is 162 cm³/mol. The number of nitrogens with zero attached hydrogens (tertiary/aromatic N) is 1. The number of fused-ring (bicyclic) bond motifs is 1. The maximum atomic E-state index is 13.7. The van der Waals surface area contributed by atoms with E-state index in [4.69, 9.17) is 0 Å². The first-order chi connectivity index (χ1) is 20.4. The largest absolute Gasteiger partial charge is 0.417 e. The first-order valence-electron chi connectivity index (χ1n) is 14.8. The first kappa shape index (κ1) is 30.8. The lowest BCUT2D eigenvalue weighted by atomic mass is 10.0. The number of aromatic amines is 1. The third-order valence-corrected chi connectivity index (χ3v) is 10.9. The molecule has 11 heteroatoms. The van der Waals surface area contributed by atoms with Gasteiger partial charge in [0.2, 0.25) is 11.5 Å². The molecule has 2 N–H and O–H groups in total. The monoisotopic (exact) mass is 615 g/mol. The Kier molecular flexibility index (Phi) is 9.01. The molecular formula is C32H36F3N3O4S. The van der Waals surface area contributed by atoms with E-state index in [-0.39, 0.29) is 34.1 Å². The van der Waals surface area contributed by atoms with Crippen LogP contribution in [-0.4, -0.2) is 43.2 Å². The van der Waals surface area contributed by atoms with E-state index in [1.807, 2.05) is 6.92 Å². The number of carbonyl (C=O) groups is 1. The normalized spacial score (nSPS) is 20.2. The second-order valence-corrected chi connectivity index (χ2v) is 13.8. The molecule has 2 heterocycles. The van der Waals surface area contributed by atoms with E-state index in [0.29, 0.717) is 48.0 Å². The van der Waals surface area contributed by atoms with Crippen molar-refractivity contribution in [3.63, 3.8) is 0 Å². The van der Waals surface area contributed by atoms with Crippen molar-refractivity contribution in [2.45, 2.75) is 86.7 Å². The van der Waals surface area contributed by atoms with Crippen LogP contribution in [-0.2, 0) is 20.8 Å². The van der Waals surface area contributed by atoms with Gasteiger partial charge in [0.05, 0.1) is 15.7 Å². The van der Waals surface area contributed by atoms with Gasteiger partial charge in [0.15, 0.2) is 9.84 Å². The summed E-state index contributed by atoms with van der Waals surface area (Å²) in [5, 5.41) is 2.50. The number of rotatable bonds is 8. The lowest BCUT2D eigenvalue weighted by Gasteiger charge is -2.31. The standard InChI is InChI=1S/C32H36F3N3O4S/c1-21-7-11-23(38(21)24-12-15-29-27(19-24)28(32(33,34)35)20-31(40)37-29)17-18-36-30(39)16-10-22-8-13-26(14-9-22)43(41,42)25-5-3-2-4-6-25/h8-10,12-16,19-21,23,25H,2-7,11,17-18H2,1H3,(H,36,39)(H,37,40)/b16-10+/t21-,23-/m1/s1. The predicted octanol–water partition coefficient (Wildman–Crippen LogP) is 6.23. The molecule has 1 amide bonds. The Labute approximate surface area is 249 Å². The van der Waals surface area contributed by atoms with E-state index < -0.39 is 27.1 Å². The zero-order valence-corrected chi connectivity index (χ0v) is 24.8. The molecule has 2 atom stereocenters. The molecule has 5 rings (SSSR count). The summed E-state index contributed by atoms with van der Waals surface area (Å²) in [6.07, 6.45) is 5.03. The molecule has 1 saturated heterocycles. The van der Waals surface area contributed by atoms with Crippen LogP contribution in [0.5, 0.6) is 0 Å². The Morgan fingerprint density at radius 2 is 1.74 bits per heavy atom. The molecular weight excluding hydrogens is 579 g/mol. The van der Waals surface area contributed by atoms with Crippen LogP contribution in [0.1, 0.15) is 69.4 Å². The number of nitrogens with one attached hydrogen (secondary N) is 2. The lowest BCUT2D eigenvalue weighted by molar-refractivity contribution is -0.136. The van der Waals surface area contributed by atoms with E-state index in [1.165, 1.54) is 18.2 Å². The summed E-state index contributed by atoms with van der Waals surface area (Å²) in [6, 6.07) is 12.0. The van der Waals surface area contributed by atoms with Gasteiger partial charge in [-0.05, 0) is 81.0 Å². The van der Waals surface area contributed by atoms with Crippen LogP contribution in [0.3, 0.4) is 0 Å². The minimum absolute atomic E-state index is 0.0208. The van der Waals surface area contributed by atoms with Gasteiger partial charge in [-0.15, -0.1) is 0 Å². The zero-order chi connectivity index (χ0) is 30.8. The van der Waals surface area contributed by atoms with Crippen LogP contribution < -0.4 is 15.8 Å². The van der Waals surface area contributed by atoms with Crippen LogP contribution in [0.25, 0.3) is 17.0 Å². The summed E-state index contributed by atoms with van der Waals surface area (Å²) in [6.45, 7) is 2.40. The van der Waals surface area contributed by atoms with Crippen molar-refractivity contribution < 1.29 is 26.4 Å². The highest BCUT2D eigenvalue weighted by Gasteiger charge is 2.35. The quantitative estimate of drug-likeness (QED) is 0.293. The van der Waals surface area contributed by atoms with Gasteiger partial charge in [0.1, 0.15) is 0 Å². The van der Waals surface area contributed by atoms with Crippen molar-refractivity contribution in [2.24, 2.45) is 0 Å². The fourth-order valence-electron chi connectivity index (χ4n) is 6.39. The summed E-state index contributed by atoms with van der Waals surface area (Å²) in [7, 11) is -3.35. The third kappa shape index (κ3) is 6.98. The third-order valence-electron chi connectivity index (χ3n) is 8.62. The van der Waals surface area contributed by atoms with Crippen LogP contribution in [0.2, 0.25) is 0 Å². The molecule has 0 bridgehead atoms. The van der Waals surface area contributed by atoms with Crippen molar-refractivity contribution in [2.75, 3.05) is 11.4 Å². The fourth-order valence-corrected chi connectivity index (χ4v) is 8.24. The summed E-state index contributed by atoms with van der Waals surface area (Å²) < 4.78 is 66.8. The van der Waals surface area contributed by atoms with Gasteiger partial charge in [-0.25, -0.2) is 8.42 Å². The molecule has 2 fully saturated rings. The number of hydrogen-bond acceptors (Lipinski definition) is 5. The number of hydrogen-bond donors (Lipinski definition) is 2. The van der Waals surface area contributed by atoms with Gasteiger partial charge in [0, 0.05) is 47.4 Å². The highest BCUT2D eigenvalue weighted by molar-refractivity contribution is 7.92. The molecule has 43 heavy (non-hydrogen) atoms. The number of carbonyl (C=O) groups excluding carboxylic acids is 1. The highest BCUT2D eigenvalue weighted by Crippen LogP contribution is 2.38. The van der Waals surface area contributed by atoms with Gasteiger partial charge < -0.3 is 15.2 Å². The summed E-state index contributed by atoms with van der Waals surface area (Å²) in [5.74, 6) is -0.291. The Morgan fingerprint density at radius 3 is 2.44 bits per heavy atom. The Balaban J connectivity index is 1.19. The Hall–Kier alpha value is -3.60. The van der Waals surface area contributed by atoms with Crippen molar-refractivity contribution in [3.05, 3.63) is 76.1 Å². The molecule has 230 valence electrons. The van der Waals surface area contributed by atoms with Gasteiger partial charge in [-0.1, -0.05) is 31.4 Å². The minimum atomic E-state index is -4.66. The molecule has 1 aliphatic carbocycles. The average molecular weight is 616 g/mol. The molecule has 2 aromatic carbocycles. The molecule has 2 aliphatic rings. The molecule has 1 aliphatic heterocycles. The van der Waals surface area contributed by atoms with Gasteiger partial charge in [-0.3, -0.25) is 9.59 Å². The molecule has 1 aromatic heterocycles. The van der Waals surface area contributed by atoms with Gasteiger partial charge >= 0.3 is 6.18 Å². The second-order valence-electron chi connectivity index (χ2n) is 11.5. The average Bonchev–Trinajstić information content (AvgIpc) is 3.35. The van der Waals surface area contributed by atoms with Crippen molar-refractivity contribution in [1.29, 1.82) is 0 Å². The zero-order valence-electron chi connectivity index (χ0n) is 24.0. The lowest BCUT2D eigenvalue weighted by Crippen LogP contribution is -2.37. The van der Waals surface area contributed by atoms with Crippen molar-refractivity contribution >= 4 is 38.4 Å². The highest BCUT2D eigenvalue weighted by atomic mass is 32.2. The SMILES string of the molecule is C[C@@H]1CC[C@H](CCNC(=O)/C=C/c2ccc(S(=O)(=O)C3CCCCC3)cc2)N1c1ccc2[nH]c(=O)cc(C(F)(F)F)c2c1. The van der Waals surface area contributed by atoms with Gasteiger partial charge in [0.25, 0.3) is 0 Å². The fraction of sp³-hybridized carbons (Fsp3) is 0.438. The van der Waals surface area contributed by atoms with E-state index in [2.05, 4.69) is 15.2 Å². The molecule has 1 saturated carbocycles. The second kappa shape index (κ2) is 12.6. The van der Waals surface area contributed by atoms with Crippen LogP contribution >= 0.6 is 0 Å². The molecule has 0 unspecified atom stereocenters. The Bertz CT molecular complexity index is 1660. The van der Waals surface area contributed by atoms with Crippen molar-refractivity contribution in [3.8, 4) is 0 Å². The van der Waals surface area contributed by atoms with E-state index >= 15 is 0 Å². The Morgan fingerprint density at radius 1 is 1.02 bits per heavy atom.